The van der Waals surface area contributed by atoms with Crippen molar-refractivity contribution in [3.63, 3.8) is 0 Å². The molecule has 0 spiro atoms. The third kappa shape index (κ3) is 9.07. The summed E-state index contributed by atoms with van der Waals surface area (Å²) in [5.74, 6) is 0.877. The smallest absolute Gasteiger partial charge is 0.227 e. The molecule has 2 N–H and O–H groups in total. The van der Waals surface area contributed by atoms with E-state index in [1.165, 1.54) is 0 Å². The molecule has 4 aromatic carbocycles. The van der Waals surface area contributed by atoms with Crippen LogP contribution in [0.5, 0.6) is 0 Å². The van der Waals surface area contributed by atoms with Gasteiger partial charge < -0.3 is 24.9 Å². The van der Waals surface area contributed by atoms with Crippen LogP contribution in [0.1, 0.15) is 49.7 Å². The van der Waals surface area contributed by atoms with Gasteiger partial charge in [-0.05, 0) is 85.3 Å². The summed E-state index contributed by atoms with van der Waals surface area (Å²) in [6, 6.07) is 33.9. The molecule has 10 heteroatoms. The Morgan fingerprint density at radius 3 is 1.53 bits per heavy atom. The lowest BCUT2D eigenvalue weighted by Gasteiger charge is -2.24. The molecule has 53 heavy (non-hydrogen) atoms. The zero-order chi connectivity index (χ0) is 36.6. The van der Waals surface area contributed by atoms with Gasteiger partial charge in [0.1, 0.15) is 0 Å². The second-order valence-corrected chi connectivity index (χ2v) is 13.8. The first kappa shape index (κ1) is 35.4. The Bertz CT molecular complexity index is 1880. The number of anilines is 2. The molecule has 7 rings (SSSR count). The highest BCUT2D eigenvalue weighted by atomic mass is 16.4. The fourth-order valence-corrected chi connectivity index (χ4v) is 7.30. The van der Waals surface area contributed by atoms with E-state index >= 15 is 0 Å². The highest BCUT2D eigenvalue weighted by molar-refractivity contribution is 5.93. The summed E-state index contributed by atoms with van der Waals surface area (Å²) in [6.45, 7) is 1.36. The van der Waals surface area contributed by atoms with Gasteiger partial charge in [-0.25, -0.2) is 4.98 Å². The normalized spacial score (nSPS) is 16.8. The number of hydrogen-bond donors (Lipinski definition) is 2. The third-order valence-corrected chi connectivity index (χ3v) is 10.0. The summed E-state index contributed by atoms with van der Waals surface area (Å²) in [6.07, 6.45) is 6.27. The lowest BCUT2D eigenvalue weighted by molar-refractivity contribution is -0.133. The van der Waals surface area contributed by atoms with Crippen molar-refractivity contribution in [2.24, 2.45) is 0 Å². The molecule has 3 heterocycles. The maximum absolute atomic E-state index is 13.0. The summed E-state index contributed by atoms with van der Waals surface area (Å²) >= 11 is 0. The molecule has 0 unspecified atom stereocenters. The number of hydrogen-bond acceptors (Lipinski definition) is 6. The molecule has 5 aromatic rings. The lowest BCUT2D eigenvalue weighted by Crippen LogP contribution is -2.38. The molecule has 0 radical (unpaired) electrons. The van der Waals surface area contributed by atoms with Crippen molar-refractivity contribution in [2.75, 3.05) is 23.7 Å². The number of carbonyl (C=O) groups excluding carboxylic acids is 4. The van der Waals surface area contributed by atoms with Crippen molar-refractivity contribution < 1.29 is 23.6 Å². The van der Waals surface area contributed by atoms with Crippen molar-refractivity contribution in [3.05, 3.63) is 127 Å². The molecular formula is C43H43N5O5. The van der Waals surface area contributed by atoms with Gasteiger partial charge in [-0.15, -0.1) is 0 Å². The number of oxazole rings is 1. The minimum atomic E-state index is -0.130. The Balaban J connectivity index is 0.885. The first-order valence-electron chi connectivity index (χ1n) is 18.3. The maximum atomic E-state index is 13.0. The molecule has 0 aliphatic carbocycles. The molecule has 2 fully saturated rings. The van der Waals surface area contributed by atoms with Crippen LogP contribution in [0.2, 0.25) is 0 Å². The zero-order valence-electron chi connectivity index (χ0n) is 29.6. The molecule has 1 aromatic heterocycles. The average molecular weight is 710 g/mol. The number of amides is 4. The highest BCUT2D eigenvalue weighted by Gasteiger charge is 2.31. The van der Waals surface area contributed by atoms with Gasteiger partial charge in [-0.3, -0.25) is 19.2 Å². The number of nitrogens with zero attached hydrogens (tertiary/aromatic N) is 3. The summed E-state index contributed by atoms with van der Waals surface area (Å²) < 4.78 is 6.07. The maximum Gasteiger partial charge on any atom is 0.227 e. The van der Waals surface area contributed by atoms with Gasteiger partial charge in [0.15, 0.2) is 5.76 Å². The van der Waals surface area contributed by atoms with E-state index in [1.807, 2.05) is 119 Å². The van der Waals surface area contributed by atoms with Gasteiger partial charge in [0.05, 0.1) is 19.0 Å². The molecule has 0 bridgehead atoms. The van der Waals surface area contributed by atoms with E-state index in [1.54, 1.807) is 6.20 Å². The topological polar surface area (TPSA) is 125 Å². The number of likely N-dealkylation sites (tertiary alicyclic amines) is 2. The number of benzene rings is 4. The molecule has 0 saturated carbocycles. The van der Waals surface area contributed by atoms with Crippen LogP contribution in [-0.2, 0) is 32.0 Å². The summed E-state index contributed by atoms with van der Waals surface area (Å²) in [5, 5.41) is 5.94. The Kier molecular flexibility index (Phi) is 11.0. The molecule has 270 valence electrons. The van der Waals surface area contributed by atoms with Crippen molar-refractivity contribution in [1.29, 1.82) is 0 Å². The predicted molar refractivity (Wildman–Crippen MR) is 204 cm³/mol. The molecule has 2 atom stereocenters. The van der Waals surface area contributed by atoms with Gasteiger partial charge in [0.2, 0.25) is 29.5 Å². The Hall–Kier alpha value is -6.03. The van der Waals surface area contributed by atoms with E-state index < -0.39 is 0 Å². The second kappa shape index (κ2) is 16.5. The first-order chi connectivity index (χ1) is 25.9. The van der Waals surface area contributed by atoms with Gasteiger partial charge >= 0.3 is 0 Å². The molecule has 2 aliphatic heterocycles. The molecule has 2 saturated heterocycles. The lowest BCUT2D eigenvalue weighted by atomic mass is 10.1. The van der Waals surface area contributed by atoms with E-state index in [0.717, 1.165) is 47.9 Å². The monoisotopic (exact) mass is 709 g/mol. The Labute approximate surface area is 309 Å². The van der Waals surface area contributed by atoms with Crippen LogP contribution in [0.3, 0.4) is 0 Å². The van der Waals surface area contributed by atoms with Gasteiger partial charge in [-0.1, -0.05) is 60.7 Å². The number of carbonyl (C=O) groups is 4. The van der Waals surface area contributed by atoms with Crippen LogP contribution in [0.25, 0.3) is 22.8 Å². The van der Waals surface area contributed by atoms with E-state index in [9.17, 15) is 19.2 Å². The Morgan fingerprint density at radius 1 is 0.604 bits per heavy atom. The number of nitrogens with one attached hydrogen (secondary N) is 2. The highest BCUT2D eigenvalue weighted by Crippen LogP contribution is 2.29. The molecule has 4 amide bonds. The van der Waals surface area contributed by atoms with E-state index in [-0.39, 0.29) is 48.6 Å². The van der Waals surface area contributed by atoms with Crippen LogP contribution < -0.4 is 10.6 Å². The standard InChI is InChI=1S/C43H43N5O5/c49-39(27-36-13-7-23-47(36)41(51)25-30-9-3-1-4-10-30)45-34-19-15-32(16-20-34)38-29-44-43(53-38)33-17-21-35(22-18-33)46-40(50)28-37-14-8-24-48(37)42(52)26-31-11-5-2-6-12-31/h1-6,9-12,15-22,29,36-37H,7-8,13-14,23-28H2,(H,45,49)(H,46,50)/t36-,37-/m0/s1. The van der Waals surface area contributed by atoms with Gasteiger partial charge in [-0.2, -0.15) is 0 Å². The van der Waals surface area contributed by atoms with Crippen molar-refractivity contribution in [2.45, 2.75) is 63.5 Å². The molecular weight excluding hydrogens is 667 g/mol. The molecule has 2 aliphatic rings. The second-order valence-electron chi connectivity index (χ2n) is 13.8. The van der Waals surface area contributed by atoms with Crippen molar-refractivity contribution >= 4 is 35.0 Å². The van der Waals surface area contributed by atoms with Crippen molar-refractivity contribution in [1.82, 2.24) is 14.8 Å². The first-order valence-corrected chi connectivity index (χ1v) is 18.3. The van der Waals surface area contributed by atoms with Crippen LogP contribution >= 0.6 is 0 Å². The minimum absolute atomic E-state index is 0.0557. The van der Waals surface area contributed by atoms with E-state index in [0.29, 0.717) is 49.0 Å². The van der Waals surface area contributed by atoms with Crippen LogP contribution in [0.4, 0.5) is 11.4 Å². The van der Waals surface area contributed by atoms with Gasteiger partial charge in [0, 0.05) is 60.5 Å². The number of rotatable bonds is 12. The van der Waals surface area contributed by atoms with E-state index in [4.69, 9.17) is 4.42 Å². The van der Waals surface area contributed by atoms with Crippen molar-refractivity contribution in [3.8, 4) is 22.8 Å². The van der Waals surface area contributed by atoms with Crippen LogP contribution in [0.15, 0.2) is 120 Å². The fraction of sp³-hybridized carbons (Fsp3) is 0.279. The number of aromatic nitrogens is 1. The predicted octanol–water partition coefficient (Wildman–Crippen LogP) is 7.13. The van der Waals surface area contributed by atoms with Crippen LogP contribution in [-0.4, -0.2) is 63.6 Å². The van der Waals surface area contributed by atoms with Crippen LogP contribution in [0, 0.1) is 0 Å². The molecule has 10 nitrogen and oxygen atoms in total. The average Bonchev–Trinajstić information content (AvgIpc) is 3.95. The largest absolute Gasteiger partial charge is 0.436 e. The third-order valence-electron chi connectivity index (χ3n) is 10.0. The fourth-order valence-electron chi connectivity index (χ4n) is 7.30. The minimum Gasteiger partial charge on any atom is -0.436 e. The zero-order valence-corrected chi connectivity index (χ0v) is 29.6. The quantitative estimate of drug-likeness (QED) is 0.142. The summed E-state index contributed by atoms with van der Waals surface area (Å²) in [4.78, 5) is 60.0. The van der Waals surface area contributed by atoms with E-state index in [2.05, 4.69) is 15.6 Å². The summed E-state index contributed by atoms with van der Waals surface area (Å²) in [5.41, 5.74) is 4.83. The SMILES string of the molecule is O=C(C[C@@H]1CCCN1C(=O)Cc1ccccc1)Nc1ccc(-c2cnc(-c3ccc(NC(=O)C[C@@H]4CCCN4C(=O)Cc4ccccc4)cc3)o2)cc1. The summed E-state index contributed by atoms with van der Waals surface area (Å²) in [7, 11) is 0. The van der Waals surface area contributed by atoms with Gasteiger partial charge in [0.25, 0.3) is 0 Å². The Morgan fingerprint density at radius 2 is 1.06 bits per heavy atom.